The van der Waals surface area contributed by atoms with Crippen molar-refractivity contribution in [1.82, 2.24) is 9.88 Å². The largest absolute Gasteiger partial charge is 0.302 e. The fourth-order valence-electron chi connectivity index (χ4n) is 2.10. The number of carbonyl (C=O) groups excluding carboxylic acids is 1. The SMILES string of the molecule is Cc1nc(/C=C2/SCCN2C(=O)c2ccccc2Cl)cs1. The van der Waals surface area contributed by atoms with E-state index in [2.05, 4.69) is 4.98 Å². The molecule has 1 fully saturated rings. The molecule has 0 bridgehead atoms. The molecule has 0 atom stereocenters. The maximum Gasteiger partial charge on any atom is 0.260 e. The topological polar surface area (TPSA) is 33.2 Å². The maximum absolute atomic E-state index is 12.6. The summed E-state index contributed by atoms with van der Waals surface area (Å²) in [4.78, 5) is 18.8. The normalized spacial score (nSPS) is 16.7. The van der Waals surface area contributed by atoms with Gasteiger partial charge in [0.15, 0.2) is 0 Å². The highest BCUT2D eigenvalue weighted by Crippen LogP contribution is 2.32. The maximum atomic E-state index is 12.6. The summed E-state index contributed by atoms with van der Waals surface area (Å²) >= 11 is 9.40. The Labute approximate surface area is 136 Å². The number of aryl methyl sites for hydroxylation is 1. The highest BCUT2D eigenvalue weighted by atomic mass is 35.5. The number of nitrogens with zero attached hydrogens (tertiary/aromatic N) is 2. The second-order valence-corrected chi connectivity index (χ2v) is 7.14. The summed E-state index contributed by atoms with van der Waals surface area (Å²) in [5.41, 5.74) is 1.45. The zero-order valence-corrected chi connectivity index (χ0v) is 13.8. The zero-order valence-electron chi connectivity index (χ0n) is 11.4. The van der Waals surface area contributed by atoms with E-state index in [4.69, 9.17) is 11.6 Å². The Morgan fingerprint density at radius 3 is 2.95 bits per heavy atom. The van der Waals surface area contributed by atoms with Gasteiger partial charge < -0.3 is 4.90 Å². The number of benzene rings is 1. The number of carbonyl (C=O) groups is 1. The summed E-state index contributed by atoms with van der Waals surface area (Å²) in [7, 11) is 0. The van der Waals surface area contributed by atoms with E-state index in [0.29, 0.717) is 17.1 Å². The lowest BCUT2D eigenvalue weighted by atomic mass is 10.2. The molecule has 1 aromatic carbocycles. The van der Waals surface area contributed by atoms with Crippen LogP contribution >= 0.6 is 34.7 Å². The first-order valence-corrected chi connectivity index (χ1v) is 8.72. The lowest BCUT2D eigenvalue weighted by Gasteiger charge is -2.17. The van der Waals surface area contributed by atoms with E-state index in [9.17, 15) is 4.79 Å². The van der Waals surface area contributed by atoms with Crippen molar-refractivity contribution in [2.45, 2.75) is 6.92 Å². The quantitative estimate of drug-likeness (QED) is 0.820. The molecule has 1 aliphatic rings. The van der Waals surface area contributed by atoms with Crippen LogP contribution in [-0.4, -0.2) is 28.1 Å². The van der Waals surface area contributed by atoms with E-state index < -0.39 is 0 Å². The molecule has 108 valence electrons. The molecule has 0 spiro atoms. The number of halogens is 1. The Kier molecular flexibility index (Phi) is 4.33. The Morgan fingerprint density at radius 1 is 1.43 bits per heavy atom. The Balaban J connectivity index is 1.89. The van der Waals surface area contributed by atoms with Gasteiger partial charge in [-0.3, -0.25) is 4.79 Å². The summed E-state index contributed by atoms with van der Waals surface area (Å²) in [5.74, 6) is 0.842. The summed E-state index contributed by atoms with van der Waals surface area (Å²) in [5, 5.41) is 4.45. The first-order valence-electron chi connectivity index (χ1n) is 6.48. The van der Waals surface area contributed by atoms with Crippen molar-refractivity contribution in [3.63, 3.8) is 0 Å². The van der Waals surface area contributed by atoms with Crippen LogP contribution in [0.5, 0.6) is 0 Å². The molecule has 3 rings (SSSR count). The van der Waals surface area contributed by atoms with Crippen LogP contribution in [0.4, 0.5) is 0 Å². The summed E-state index contributed by atoms with van der Waals surface area (Å²) in [6.07, 6.45) is 1.97. The zero-order chi connectivity index (χ0) is 14.8. The van der Waals surface area contributed by atoms with Gasteiger partial charge in [-0.25, -0.2) is 4.98 Å². The van der Waals surface area contributed by atoms with Crippen LogP contribution in [0.15, 0.2) is 34.7 Å². The average Bonchev–Trinajstić information content (AvgIpc) is 3.08. The van der Waals surface area contributed by atoms with Crippen molar-refractivity contribution in [3.05, 3.63) is 56.0 Å². The minimum Gasteiger partial charge on any atom is -0.302 e. The van der Waals surface area contributed by atoms with Crippen LogP contribution in [0.25, 0.3) is 6.08 Å². The van der Waals surface area contributed by atoms with Gasteiger partial charge >= 0.3 is 0 Å². The van der Waals surface area contributed by atoms with Gasteiger partial charge in [0, 0.05) is 17.7 Å². The molecule has 0 saturated carbocycles. The minimum atomic E-state index is -0.0520. The molecule has 1 amide bonds. The highest BCUT2D eigenvalue weighted by Gasteiger charge is 2.26. The standard InChI is InChI=1S/C15H13ClN2OS2/c1-10-17-11(9-21-10)8-14-18(6-7-20-14)15(19)12-4-2-3-5-13(12)16/h2-5,8-9H,6-7H2,1H3/b14-8+. The fourth-order valence-corrected chi connectivity index (χ4v) is 3.91. The molecule has 0 N–H and O–H groups in total. The first kappa shape index (κ1) is 14.6. The van der Waals surface area contributed by atoms with Crippen molar-refractivity contribution in [1.29, 1.82) is 0 Å². The van der Waals surface area contributed by atoms with Crippen LogP contribution in [0.1, 0.15) is 21.1 Å². The first-order chi connectivity index (χ1) is 10.1. The van der Waals surface area contributed by atoms with Gasteiger partial charge in [-0.2, -0.15) is 0 Å². The lowest BCUT2D eigenvalue weighted by molar-refractivity contribution is 0.0831. The molecular weight excluding hydrogens is 324 g/mol. The molecule has 1 aromatic heterocycles. The summed E-state index contributed by atoms with van der Waals surface area (Å²) in [6, 6.07) is 7.16. The number of thiazole rings is 1. The molecule has 6 heteroatoms. The molecule has 1 saturated heterocycles. The second kappa shape index (κ2) is 6.22. The van der Waals surface area contributed by atoms with Gasteiger partial charge in [0.2, 0.25) is 0 Å². The fraction of sp³-hybridized carbons (Fsp3) is 0.200. The van der Waals surface area contributed by atoms with Crippen molar-refractivity contribution in [2.75, 3.05) is 12.3 Å². The van der Waals surface area contributed by atoms with E-state index in [0.717, 1.165) is 21.5 Å². The van der Waals surface area contributed by atoms with Crippen LogP contribution in [0.2, 0.25) is 5.02 Å². The monoisotopic (exact) mass is 336 g/mol. The number of hydrogen-bond donors (Lipinski definition) is 0. The average molecular weight is 337 g/mol. The van der Waals surface area contributed by atoms with Crippen molar-refractivity contribution >= 4 is 46.7 Å². The van der Waals surface area contributed by atoms with Gasteiger partial charge in [0.25, 0.3) is 5.91 Å². The third kappa shape index (κ3) is 3.15. The molecule has 1 aliphatic heterocycles. The molecule has 2 aromatic rings. The van der Waals surface area contributed by atoms with Crippen LogP contribution in [0.3, 0.4) is 0 Å². The van der Waals surface area contributed by atoms with Gasteiger partial charge in [-0.1, -0.05) is 23.7 Å². The third-order valence-corrected chi connectivity index (χ3v) is 5.23. The second-order valence-electron chi connectivity index (χ2n) is 4.56. The van der Waals surface area contributed by atoms with E-state index in [1.165, 1.54) is 0 Å². The van der Waals surface area contributed by atoms with Gasteiger partial charge in [-0.15, -0.1) is 23.1 Å². The molecule has 0 radical (unpaired) electrons. The Bertz CT molecular complexity index is 711. The molecular formula is C15H13ClN2OS2. The molecule has 3 nitrogen and oxygen atoms in total. The van der Waals surface area contributed by atoms with Crippen molar-refractivity contribution in [3.8, 4) is 0 Å². The van der Waals surface area contributed by atoms with E-state index in [-0.39, 0.29) is 5.91 Å². The highest BCUT2D eigenvalue weighted by molar-refractivity contribution is 8.03. The van der Waals surface area contributed by atoms with Crippen molar-refractivity contribution in [2.24, 2.45) is 0 Å². The summed E-state index contributed by atoms with van der Waals surface area (Å²) < 4.78 is 0. The summed E-state index contributed by atoms with van der Waals surface area (Å²) in [6.45, 7) is 2.67. The molecule has 21 heavy (non-hydrogen) atoms. The van der Waals surface area contributed by atoms with Gasteiger partial charge in [0.05, 0.1) is 26.3 Å². The van der Waals surface area contributed by atoms with E-state index >= 15 is 0 Å². The molecule has 0 aliphatic carbocycles. The van der Waals surface area contributed by atoms with Crippen LogP contribution in [0, 0.1) is 6.92 Å². The minimum absolute atomic E-state index is 0.0520. The Hall–Kier alpha value is -1.30. The van der Waals surface area contributed by atoms with Crippen LogP contribution in [-0.2, 0) is 0 Å². The van der Waals surface area contributed by atoms with Gasteiger partial charge in [-0.05, 0) is 25.1 Å². The van der Waals surface area contributed by atoms with E-state index in [1.807, 2.05) is 30.5 Å². The number of rotatable bonds is 2. The van der Waals surface area contributed by atoms with Crippen molar-refractivity contribution < 1.29 is 4.79 Å². The number of hydrogen-bond acceptors (Lipinski definition) is 4. The predicted molar refractivity (Wildman–Crippen MR) is 89.8 cm³/mol. The third-order valence-electron chi connectivity index (χ3n) is 3.09. The van der Waals surface area contributed by atoms with Crippen LogP contribution < -0.4 is 0 Å². The smallest absolute Gasteiger partial charge is 0.260 e. The Morgan fingerprint density at radius 2 is 2.24 bits per heavy atom. The van der Waals surface area contributed by atoms with Gasteiger partial charge in [0.1, 0.15) is 0 Å². The molecule has 0 unspecified atom stereocenters. The molecule has 2 heterocycles. The number of thioether (sulfide) groups is 1. The van der Waals surface area contributed by atoms with E-state index in [1.54, 1.807) is 40.1 Å². The number of amides is 1. The predicted octanol–water partition coefficient (Wildman–Crippen LogP) is 4.29. The number of aromatic nitrogens is 1. The lowest BCUT2D eigenvalue weighted by Crippen LogP contribution is -2.26.